The molecule has 2 aromatic rings. The van der Waals surface area contributed by atoms with Crippen molar-refractivity contribution in [3.8, 4) is 11.1 Å². The average molecular weight is 421 g/mol. The van der Waals surface area contributed by atoms with Gasteiger partial charge in [-0.1, -0.05) is 54.6 Å². The lowest BCUT2D eigenvalue weighted by Gasteiger charge is -2.16. The van der Waals surface area contributed by atoms with Gasteiger partial charge in [-0.05, 0) is 36.0 Å². The zero-order chi connectivity index (χ0) is 15.4. The van der Waals surface area contributed by atoms with Gasteiger partial charge in [0.15, 0.2) is 5.96 Å². The largest absolute Gasteiger partial charge is 0.370 e. The van der Waals surface area contributed by atoms with Gasteiger partial charge in [0, 0.05) is 19.6 Å². The van der Waals surface area contributed by atoms with Crippen molar-refractivity contribution in [3.05, 3.63) is 60.2 Å². The average Bonchev–Trinajstić information content (AvgIpc) is 3.40. The van der Waals surface area contributed by atoms with Crippen molar-refractivity contribution < 1.29 is 0 Å². The monoisotopic (exact) mass is 421 g/mol. The van der Waals surface area contributed by atoms with E-state index in [4.69, 9.17) is 5.73 Å². The second-order valence-electron chi connectivity index (χ2n) is 5.89. The third-order valence-corrected chi connectivity index (χ3v) is 4.19. The van der Waals surface area contributed by atoms with Crippen LogP contribution in [0.2, 0.25) is 0 Å². The zero-order valence-electron chi connectivity index (χ0n) is 13.5. The van der Waals surface area contributed by atoms with Crippen LogP contribution in [0, 0.1) is 0 Å². The third kappa shape index (κ3) is 4.96. The van der Waals surface area contributed by atoms with E-state index in [2.05, 4.69) is 58.4 Å². The first-order valence-corrected chi connectivity index (χ1v) is 7.91. The van der Waals surface area contributed by atoms with Crippen LogP contribution < -0.4 is 5.73 Å². The van der Waals surface area contributed by atoms with Gasteiger partial charge in [-0.15, -0.1) is 24.0 Å². The molecule has 23 heavy (non-hydrogen) atoms. The Labute approximate surface area is 155 Å². The maximum atomic E-state index is 6.00. The number of rotatable bonds is 5. The highest BCUT2D eigenvalue weighted by atomic mass is 127. The number of nitrogens with zero attached hydrogens (tertiary/aromatic N) is 2. The molecule has 1 aliphatic rings. The minimum absolute atomic E-state index is 0. The molecule has 0 unspecified atom stereocenters. The van der Waals surface area contributed by atoms with Gasteiger partial charge in [0.1, 0.15) is 0 Å². The summed E-state index contributed by atoms with van der Waals surface area (Å²) in [6.45, 7) is 0.744. The van der Waals surface area contributed by atoms with Gasteiger partial charge in [-0.3, -0.25) is 4.99 Å². The molecule has 0 amide bonds. The summed E-state index contributed by atoms with van der Waals surface area (Å²) in [5, 5.41) is 0. The van der Waals surface area contributed by atoms with Crippen LogP contribution in [0.15, 0.2) is 59.6 Å². The molecule has 1 fully saturated rings. The molecule has 2 aromatic carbocycles. The van der Waals surface area contributed by atoms with Crippen molar-refractivity contribution in [1.29, 1.82) is 0 Å². The lowest BCUT2D eigenvalue weighted by atomic mass is 10.0. The quantitative estimate of drug-likeness (QED) is 0.452. The Morgan fingerprint density at radius 2 is 1.65 bits per heavy atom. The van der Waals surface area contributed by atoms with Crippen molar-refractivity contribution in [2.75, 3.05) is 13.6 Å². The smallest absolute Gasteiger partial charge is 0.191 e. The van der Waals surface area contributed by atoms with Gasteiger partial charge in [-0.2, -0.15) is 0 Å². The molecule has 0 saturated heterocycles. The van der Waals surface area contributed by atoms with Crippen LogP contribution in [0.4, 0.5) is 0 Å². The SMILES string of the molecule is CN(C(N)=NCCc1ccc(-c2ccccc2)cc1)C1CC1.I. The molecular weight excluding hydrogens is 397 g/mol. The van der Waals surface area contributed by atoms with Crippen LogP contribution >= 0.6 is 24.0 Å². The summed E-state index contributed by atoms with van der Waals surface area (Å²) >= 11 is 0. The van der Waals surface area contributed by atoms with E-state index in [9.17, 15) is 0 Å². The van der Waals surface area contributed by atoms with E-state index in [0.29, 0.717) is 12.0 Å². The van der Waals surface area contributed by atoms with Crippen LogP contribution in [0.25, 0.3) is 11.1 Å². The van der Waals surface area contributed by atoms with Crippen LogP contribution in [-0.2, 0) is 6.42 Å². The first-order chi connectivity index (χ1) is 10.7. The Bertz CT molecular complexity index is 633. The van der Waals surface area contributed by atoms with Crippen LogP contribution in [0.3, 0.4) is 0 Å². The number of guanidine groups is 1. The van der Waals surface area contributed by atoms with Crippen LogP contribution in [-0.4, -0.2) is 30.5 Å². The zero-order valence-corrected chi connectivity index (χ0v) is 15.8. The van der Waals surface area contributed by atoms with Crippen LogP contribution in [0.5, 0.6) is 0 Å². The Morgan fingerprint density at radius 3 is 2.26 bits per heavy atom. The fourth-order valence-electron chi connectivity index (χ4n) is 2.55. The molecule has 2 N–H and O–H groups in total. The predicted octanol–water partition coefficient (Wildman–Crippen LogP) is 3.92. The molecule has 0 atom stereocenters. The van der Waals surface area contributed by atoms with E-state index in [1.54, 1.807) is 0 Å². The summed E-state index contributed by atoms with van der Waals surface area (Å²) in [5.41, 5.74) is 9.80. The summed E-state index contributed by atoms with van der Waals surface area (Å²) < 4.78 is 0. The van der Waals surface area contributed by atoms with Crippen molar-refractivity contribution in [1.82, 2.24) is 4.90 Å². The second-order valence-corrected chi connectivity index (χ2v) is 5.89. The van der Waals surface area contributed by atoms with Gasteiger partial charge in [0.2, 0.25) is 0 Å². The minimum atomic E-state index is 0. The highest BCUT2D eigenvalue weighted by Crippen LogP contribution is 2.24. The third-order valence-electron chi connectivity index (χ3n) is 4.19. The fourth-order valence-corrected chi connectivity index (χ4v) is 2.55. The number of hydrogen-bond acceptors (Lipinski definition) is 1. The number of hydrogen-bond donors (Lipinski definition) is 1. The van der Waals surface area contributed by atoms with E-state index in [1.165, 1.54) is 29.5 Å². The molecule has 0 radical (unpaired) electrons. The standard InChI is InChI=1S/C19H23N3.HI/c1-22(18-11-12-18)19(20)21-14-13-15-7-9-17(10-8-15)16-5-3-2-4-6-16;/h2-10,18H,11-14H2,1H3,(H2,20,21);1H. The fraction of sp³-hybridized carbons (Fsp3) is 0.316. The molecule has 4 heteroatoms. The number of aliphatic imine (C=N–C) groups is 1. The maximum absolute atomic E-state index is 6.00. The maximum Gasteiger partial charge on any atom is 0.191 e. The highest BCUT2D eigenvalue weighted by molar-refractivity contribution is 14.0. The van der Waals surface area contributed by atoms with Gasteiger partial charge in [0.05, 0.1) is 0 Å². The Hall–Kier alpha value is -1.56. The summed E-state index contributed by atoms with van der Waals surface area (Å²) in [5.74, 6) is 0.670. The van der Waals surface area contributed by atoms with Gasteiger partial charge in [-0.25, -0.2) is 0 Å². The predicted molar refractivity (Wildman–Crippen MR) is 108 cm³/mol. The summed E-state index contributed by atoms with van der Waals surface area (Å²) in [7, 11) is 2.03. The summed E-state index contributed by atoms with van der Waals surface area (Å²) in [4.78, 5) is 6.58. The molecule has 0 heterocycles. The summed E-state index contributed by atoms with van der Waals surface area (Å²) in [6, 6.07) is 19.8. The topological polar surface area (TPSA) is 41.6 Å². The first-order valence-electron chi connectivity index (χ1n) is 7.91. The highest BCUT2D eigenvalue weighted by Gasteiger charge is 2.27. The molecular formula is C19H24IN3. The molecule has 1 saturated carbocycles. The molecule has 0 spiro atoms. The molecule has 122 valence electrons. The van der Waals surface area contributed by atoms with E-state index < -0.39 is 0 Å². The van der Waals surface area contributed by atoms with Gasteiger partial charge < -0.3 is 10.6 Å². The number of benzene rings is 2. The lowest BCUT2D eigenvalue weighted by Crippen LogP contribution is -2.35. The van der Waals surface area contributed by atoms with Crippen molar-refractivity contribution in [3.63, 3.8) is 0 Å². The number of halogens is 1. The van der Waals surface area contributed by atoms with E-state index in [0.717, 1.165) is 13.0 Å². The molecule has 0 aliphatic heterocycles. The molecule has 3 nitrogen and oxygen atoms in total. The van der Waals surface area contributed by atoms with Crippen molar-refractivity contribution >= 4 is 29.9 Å². The van der Waals surface area contributed by atoms with Crippen molar-refractivity contribution in [2.45, 2.75) is 25.3 Å². The molecule has 3 rings (SSSR count). The molecule has 0 bridgehead atoms. The van der Waals surface area contributed by atoms with E-state index in [1.807, 2.05) is 13.1 Å². The Kier molecular flexibility index (Phi) is 6.45. The lowest BCUT2D eigenvalue weighted by molar-refractivity contribution is 0.487. The minimum Gasteiger partial charge on any atom is -0.370 e. The van der Waals surface area contributed by atoms with E-state index in [-0.39, 0.29) is 24.0 Å². The number of nitrogens with two attached hydrogens (primary N) is 1. The first kappa shape index (κ1) is 17.8. The normalized spacial score (nSPS) is 14.2. The Balaban J connectivity index is 0.00000192. The van der Waals surface area contributed by atoms with Crippen LogP contribution in [0.1, 0.15) is 18.4 Å². The molecule has 1 aliphatic carbocycles. The Morgan fingerprint density at radius 1 is 1.04 bits per heavy atom. The van der Waals surface area contributed by atoms with Gasteiger partial charge >= 0.3 is 0 Å². The van der Waals surface area contributed by atoms with Crippen molar-refractivity contribution in [2.24, 2.45) is 10.7 Å². The summed E-state index contributed by atoms with van der Waals surface area (Å²) in [6.07, 6.45) is 3.41. The van der Waals surface area contributed by atoms with E-state index >= 15 is 0 Å². The second kappa shape index (κ2) is 8.34. The molecule has 0 aromatic heterocycles. The van der Waals surface area contributed by atoms with Gasteiger partial charge in [0.25, 0.3) is 0 Å².